The molecule has 0 amide bonds. The number of nitrogens with zero attached hydrogens (tertiary/aromatic N) is 8. The van der Waals surface area contributed by atoms with E-state index >= 15 is 0 Å². The van der Waals surface area contributed by atoms with Crippen LogP contribution in [-0.4, -0.2) is 33.2 Å². The fourth-order valence-electron chi connectivity index (χ4n) is 12.5. The third-order valence-corrected chi connectivity index (χ3v) is 15.6. The first kappa shape index (κ1) is 43.5. The molecular weight excluding hydrogens is 953 g/mol. The molecule has 0 saturated carbocycles. The third-order valence-electron chi connectivity index (χ3n) is 15.6. The Morgan fingerprint density at radius 1 is 0.244 bits per heavy atom. The maximum absolute atomic E-state index is 12.9. The predicted molar refractivity (Wildman–Crippen MR) is 318 cm³/mol. The van der Waals surface area contributed by atoms with Crippen molar-refractivity contribution in [3.05, 3.63) is 260 Å². The largest absolute Gasteiger partial charge is 0.306 e. The van der Waals surface area contributed by atoms with Gasteiger partial charge in [0, 0.05) is 54.2 Å². The highest BCUT2D eigenvalue weighted by Gasteiger charge is 2.36. The molecule has 0 radical (unpaired) electrons. The Kier molecular flexibility index (Phi) is 9.53. The van der Waals surface area contributed by atoms with E-state index in [4.69, 9.17) is 15.0 Å². The van der Waals surface area contributed by atoms with Gasteiger partial charge < -0.3 is 18.3 Å². The van der Waals surface area contributed by atoms with Crippen LogP contribution in [0, 0.1) is 11.3 Å². The lowest BCUT2D eigenvalue weighted by Gasteiger charge is -2.29. The average Bonchev–Trinajstić information content (AvgIpc) is 4.42. The minimum atomic E-state index is 0.355. The van der Waals surface area contributed by atoms with Gasteiger partial charge in [0.1, 0.15) is 6.07 Å². The van der Waals surface area contributed by atoms with Crippen LogP contribution in [0.15, 0.2) is 255 Å². The average molecular weight is 995 g/mol. The molecule has 0 N–H and O–H groups in total. The van der Waals surface area contributed by atoms with Crippen molar-refractivity contribution in [3.8, 4) is 63.0 Å². The molecule has 5 aromatic heterocycles. The number of fused-ring (bicyclic) bond motifs is 12. The summed E-state index contributed by atoms with van der Waals surface area (Å²) in [5.74, 6) is 1.33. The van der Waals surface area contributed by atoms with Crippen LogP contribution in [-0.2, 0) is 0 Å². The van der Waals surface area contributed by atoms with Crippen LogP contribution < -0.4 is 0 Å². The van der Waals surface area contributed by atoms with Gasteiger partial charge in [-0.25, -0.2) is 15.0 Å². The summed E-state index contributed by atoms with van der Waals surface area (Å²) in [6.45, 7) is 0. The quantitative estimate of drug-likeness (QED) is 0.159. The lowest BCUT2D eigenvalue weighted by atomic mass is 9.96. The van der Waals surface area contributed by atoms with Crippen molar-refractivity contribution in [2.24, 2.45) is 0 Å². The van der Waals surface area contributed by atoms with E-state index in [0.29, 0.717) is 34.3 Å². The summed E-state index contributed by atoms with van der Waals surface area (Å²) >= 11 is 0. The van der Waals surface area contributed by atoms with Crippen LogP contribution in [0.25, 0.3) is 144 Å². The van der Waals surface area contributed by atoms with Gasteiger partial charge in [-0.2, -0.15) is 5.26 Å². The van der Waals surface area contributed by atoms with Crippen molar-refractivity contribution < 1.29 is 0 Å². The smallest absolute Gasteiger partial charge is 0.167 e. The molecule has 16 aromatic rings. The molecular formula is C70H42N8. The van der Waals surface area contributed by atoms with Gasteiger partial charge in [0.25, 0.3) is 0 Å². The molecule has 16 rings (SSSR count). The number of aromatic nitrogens is 7. The van der Waals surface area contributed by atoms with E-state index in [0.717, 1.165) is 115 Å². The van der Waals surface area contributed by atoms with Crippen LogP contribution in [0.2, 0.25) is 0 Å². The number of rotatable bonds is 7. The van der Waals surface area contributed by atoms with Gasteiger partial charge in [0.2, 0.25) is 0 Å². The summed E-state index contributed by atoms with van der Waals surface area (Å²) in [5.41, 5.74) is 13.5. The molecule has 0 aliphatic carbocycles. The zero-order valence-corrected chi connectivity index (χ0v) is 41.8. The van der Waals surface area contributed by atoms with E-state index in [9.17, 15) is 5.26 Å². The van der Waals surface area contributed by atoms with E-state index in [1.54, 1.807) is 0 Å². The maximum Gasteiger partial charge on any atom is 0.167 e. The van der Waals surface area contributed by atoms with E-state index in [1.807, 2.05) is 60.7 Å². The zero-order valence-electron chi connectivity index (χ0n) is 41.8. The number of para-hydroxylation sites is 8. The second-order valence-corrected chi connectivity index (χ2v) is 19.8. The van der Waals surface area contributed by atoms with Crippen molar-refractivity contribution in [2.75, 3.05) is 0 Å². The van der Waals surface area contributed by atoms with Crippen LogP contribution >= 0.6 is 0 Å². The van der Waals surface area contributed by atoms with E-state index < -0.39 is 0 Å². The van der Waals surface area contributed by atoms with Gasteiger partial charge in [0.15, 0.2) is 17.5 Å². The van der Waals surface area contributed by atoms with Gasteiger partial charge in [-0.3, -0.25) is 0 Å². The van der Waals surface area contributed by atoms with E-state index in [1.165, 1.54) is 0 Å². The molecule has 0 unspecified atom stereocenters. The van der Waals surface area contributed by atoms with E-state index in [2.05, 4.69) is 218 Å². The summed E-state index contributed by atoms with van der Waals surface area (Å²) in [6, 6.07) is 92.1. The minimum absolute atomic E-state index is 0.355. The lowest BCUT2D eigenvalue weighted by Crippen LogP contribution is -2.17. The third kappa shape index (κ3) is 6.24. The Labute approximate surface area is 446 Å². The summed E-state index contributed by atoms with van der Waals surface area (Å²) in [4.78, 5) is 16.5. The topological polar surface area (TPSA) is 82.2 Å². The normalized spacial score (nSPS) is 11.8. The van der Waals surface area contributed by atoms with Crippen molar-refractivity contribution in [1.29, 1.82) is 5.26 Å². The molecule has 0 aliphatic rings. The summed E-state index contributed by atoms with van der Waals surface area (Å²) < 4.78 is 9.57. The second kappa shape index (κ2) is 17.1. The zero-order chi connectivity index (χ0) is 51.4. The number of hydrogen-bond acceptors (Lipinski definition) is 4. The first-order valence-corrected chi connectivity index (χ1v) is 26.2. The molecule has 0 saturated heterocycles. The Balaban J connectivity index is 1.27. The van der Waals surface area contributed by atoms with Crippen molar-refractivity contribution in [2.45, 2.75) is 0 Å². The number of nitriles is 1. The highest BCUT2D eigenvalue weighted by molar-refractivity contribution is 6.17. The van der Waals surface area contributed by atoms with Gasteiger partial charge in [0.05, 0.1) is 78.0 Å². The summed E-state index contributed by atoms with van der Waals surface area (Å²) in [6.07, 6.45) is 0. The first-order chi connectivity index (χ1) is 38.7. The monoisotopic (exact) mass is 994 g/mol. The Morgan fingerprint density at radius 2 is 0.474 bits per heavy atom. The van der Waals surface area contributed by atoms with Gasteiger partial charge in [-0.15, -0.1) is 0 Å². The molecule has 0 fully saturated rings. The Hall–Kier alpha value is -10.9. The highest BCUT2D eigenvalue weighted by atomic mass is 15.2. The van der Waals surface area contributed by atoms with Crippen molar-refractivity contribution in [3.63, 3.8) is 0 Å². The predicted octanol–water partition coefficient (Wildman–Crippen LogP) is 17.1. The molecule has 362 valence electrons. The van der Waals surface area contributed by atoms with Crippen LogP contribution in [0.5, 0.6) is 0 Å². The molecule has 78 heavy (non-hydrogen) atoms. The van der Waals surface area contributed by atoms with Crippen LogP contribution in [0.3, 0.4) is 0 Å². The molecule has 0 aliphatic heterocycles. The summed E-state index contributed by atoms with van der Waals surface area (Å²) in [5, 5.41) is 21.5. The lowest BCUT2D eigenvalue weighted by molar-refractivity contribution is 1.01. The van der Waals surface area contributed by atoms with Crippen LogP contribution in [0.1, 0.15) is 5.56 Å². The molecule has 0 atom stereocenters. The van der Waals surface area contributed by atoms with Crippen LogP contribution in [0.4, 0.5) is 0 Å². The first-order valence-electron chi connectivity index (χ1n) is 26.2. The SMILES string of the molecule is N#Cc1c(-c2nc(-c3ccccc3)nc(-c3ccccc3)n2)c(-n2c3ccccc3c3ccccc32)c(-n2c3ccccc3c3ccccc32)c(-n2c3ccccc3c3ccccc32)c1-n1c2ccccc2c2ccccc21. The highest BCUT2D eigenvalue weighted by Crippen LogP contribution is 2.51. The Morgan fingerprint density at radius 3 is 0.769 bits per heavy atom. The standard InChI is InChI=1S/C70H42N8/c71-43-54-63(70-73-68(44-23-3-1-4-24-44)72-69(74-70)45-25-5-2-6-26-45)65(76-57-37-17-9-29-48(57)49-30-10-18-38-58(49)76)67(78-61-41-21-13-33-52(61)53-34-14-22-42-62(53)78)66(77-59-39-19-11-31-50(59)51-32-12-20-40-60(51)77)64(54)75-55-35-15-7-27-46(55)47-28-8-16-36-56(47)75/h1-42H. The molecule has 8 nitrogen and oxygen atoms in total. The maximum atomic E-state index is 12.9. The van der Waals surface area contributed by atoms with Crippen molar-refractivity contribution >= 4 is 87.2 Å². The molecule has 8 heteroatoms. The van der Waals surface area contributed by atoms with E-state index in [-0.39, 0.29) is 0 Å². The van der Waals surface area contributed by atoms with Gasteiger partial charge >= 0.3 is 0 Å². The fourth-order valence-corrected chi connectivity index (χ4v) is 12.5. The molecule has 5 heterocycles. The Bertz CT molecular complexity index is 4900. The fraction of sp³-hybridized carbons (Fsp3) is 0. The minimum Gasteiger partial charge on any atom is -0.306 e. The molecule has 0 spiro atoms. The van der Waals surface area contributed by atoms with Gasteiger partial charge in [-0.05, 0) is 48.5 Å². The summed E-state index contributed by atoms with van der Waals surface area (Å²) in [7, 11) is 0. The molecule has 0 bridgehead atoms. The van der Waals surface area contributed by atoms with Crippen molar-refractivity contribution in [1.82, 2.24) is 33.2 Å². The number of benzene rings is 11. The molecule has 11 aromatic carbocycles. The second-order valence-electron chi connectivity index (χ2n) is 19.8. The number of hydrogen-bond donors (Lipinski definition) is 0. The van der Waals surface area contributed by atoms with Gasteiger partial charge in [-0.1, -0.05) is 206 Å².